The van der Waals surface area contributed by atoms with Gasteiger partial charge in [0.15, 0.2) is 0 Å². The molecule has 0 fully saturated rings. The monoisotopic (exact) mass is 1160 g/mol. The molecule has 0 spiro atoms. The number of furan rings is 1. The van der Waals surface area contributed by atoms with Crippen molar-refractivity contribution in [2.24, 2.45) is 0 Å². The fraction of sp³-hybridized carbons (Fsp3) is 0.205. The van der Waals surface area contributed by atoms with Crippen molar-refractivity contribution in [3.63, 3.8) is 0 Å². The van der Waals surface area contributed by atoms with Crippen LogP contribution in [0.25, 0.3) is 60.6 Å². The molecular weight excluding hydrogens is 1080 g/mol. The highest BCUT2D eigenvalue weighted by Gasteiger charge is 2.45. The van der Waals surface area contributed by atoms with Crippen LogP contribution in [0.1, 0.15) is 107 Å². The van der Waals surface area contributed by atoms with Crippen molar-refractivity contribution in [3.05, 3.63) is 257 Å². The standard InChI is InChI=1S/C83H77BN4O/c1-50-41-74-77-75(42-50)88(79-51(2)43-55(44-52(79)3)63-27-22-28-67-66-26-19-21-30-76(66)89-80(63)67)73-49-62(37-40-69(73)84(77)68-39-33-57(82(9,10)11)47-72(68)87(74)60-34-31-56(32-35-60)81(6,7)8)85(78-53(4)45-58(46-54(78)5)83(12,13)14)61-36-38-65-64-25-18-20-29-70(64)86(71(65)48-61)59-23-16-15-17-24-59/h15-49H,1-14H3. The predicted octanol–water partition coefficient (Wildman–Crippen LogP) is 21.3. The minimum absolute atomic E-state index is 0.00993. The van der Waals surface area contributed by atoms with Crippen molar-refractivity contribution < 1.29 is 4.42 Å². The Morgan fingerprint density at radius 2 is 0.955 bits per heavy atom. The zero-order valence-electron chi connectivity index (χ0n) is 54.0. The Kier molecular flexibility index (Phi) is 12.8. The van der Waals surface area contributed by atoms with E-state index in [0.717, 1.165) is 67.0 Å². The molecule has 15 rings (SSSR count). The smallest absolute Gasteiger partial charge is 0.252 e. The first kappa shape index (κ1) is 56.0. The number of rotatable bonds is 7. The third kappa shape index (κ3) is 9.03. The van der Waals surface area contributed by atoms with Gasteiger partial charge in [0.05, 0.1) is 22.4 Å². The van der Waals surface area contributed by atoms with E-state index in [-0.39, 0.29) is 23.0 Å². The molecular formula is C83H77BN4O. The zero-order valence-corrected chi connectivity index (χ0v) is 54.0. The van der Waals surface area contributed by atoms with Crippen molar-refractivity contribution >= 4 is 118 Å². The summed E-state index contributed by atoms with van der Waals surface area (Å²) in [5.74, 6) is 0. The molecule has 438 valence electrons. The molecule has 6 heteroatoms. The van der Waals surface area contributed by atoms with Crippen LogP contribution >= 0.6 is 0 Å². The molecule has 2 aromatic heterocycles. The number of aromatic nitrogens is 1. The number of anilines is 9. The van der Waals surface area contributed by atoms with Gasteiger partial charge in [0, 0.05) is 72.6 Å². The summed E-state index contributed by atoms with van der Waals surface area (Å²) in [7, 11) is 0. The lowest BCUT2D eigenvalue weighted by atomic mass is 9.33. The summed E-state index contributed by atoms with van der Waals surface area (Å²) in [4.78, 5) is 7.78. The summed E-state index contributed by atoms with van der Waals surface area (Å²) < 4.78 is 9.18. The fourth-order valence-electron chi connectivity index (χ4n) is 14.9. The van der Waals surface area contributed by atoms with Crippen LogP contribution in [0, 0.1) is 34.6 Å². The number of benzene rings is 11. The van der Waals surface area contributed by atoms with Crippen LogP contribution < -0.4 is 31.1 Å². The lowest BCUT2D eigenvalue weighted by Crippen LogP contribution is -2.61. The van der Waals surface area contributed by atoms with Gasteiger partial charge in [-0.15, -0.1) is 0 Å². The number of aryl methyl sites for hydroxylation is 5. The van der Waals surface area contributed by atoms with Crippen LogP contribution in [0.15, 0.2) is 217 Å². The van der Waals surface area contributed by atoms with Crippen molar-refractivity contribution in [1.29, 1.82) is 0 Å². The molecule has 0 N–H and O–H groups in total. The molecule has 0 radical (unpaired) electrons. The van der Waals surface area contributed by atoms with E-state index in [0.29, 0.717) is 0 Å². The average molecular weight is 1160 g/mol. The Hall–Kier alpha value is -9.52. The SMILES string of the molecule is Cc1cc2c3c(c1)N(c1c(C)cc(-c4cccc5c4oc4ccccc45)cc1C)c1cc(N(c4ccc5c6ccccc6n(-c6ccccc6)c5c4)c4c(C)cc(C(C)(C)C)cc4C)ccc1B3c1ccc(C(C)(C)C)cc1N2c1ccc(C(C)(C)C)cc1. The highest BCUT2D eigenvalue weighted by atomic mass is 16.3. The highest BCUT2D eigenvalue weighted by molar-refractivity contribution is 7.00. The van der Waals surface area contributed by atoms with Gasteiger partial charge in [-0.2, -0.15) is 0 Å². The number of para-hydroxylation sites is 4. The van der Waals surface area contributed by atoms with Gasteiger partial charge in [-0.25, -0.2) is 0 Å². The summed E-state index contributed by atoms with van der Waals surface area (Å²) in [5.41, 5.74) is 31.7. The topological polar surface area (TPSA) is 27.8 Å². The van der Waals surface area contributed by atoms with Crippen LogP contribution in [0.4, 0.5) is 51.2 Å². The van der Waals surface area contributed by atoms with Crippen molar-refractivity contribution in [2.75, 3.05) is 14.7 Å². The quantitative estimate of drug-likeness (QED) is 0.149. The maximum atomic E-state index is 6.73. The van der Waals surface area contributed by atoms with Crippen LogP contribution in [-0.4, -0.2) is 11.3 Å². The Morgan fingerprint density at radius 1 is 0.393 bits per heavy atom. The molecule has 4 heterocycles. The minimum atomic E-state index is -0.0819. The van der Waals surface area contributed by atoms with Crippen molar-refractivity contribution in [2.45, 2.75) is 113 Å². The molecule has 5 nitrogen and oxygen atoms in total. The molecule has 0 saturated carbocycles. The molecule has 0 aliphatic carbocycles. The lowest BCUT2D eigenvalue weighted by molar-refractivity contribution is 0.589. The second-order valence-corrected chi connectivity index (χ2v) is 28.6. The maximum Gasteiger partial charge on any atom is 0.252 e. The van der Waals surface area contributed by atoms with E-state index in [1.54, 1.807) is 0 Å². The molecule has 0 bridgehead atoms. The van der Waals surface area contributed by atoms with Crippen LogP contribution in [0.2, 0.25) is 0 Å². The first-order chi connectivity index (χ1) is 42.6. The fourth-order valence-corrected chi connectivity index (χ4v) is 14.9. The highest BCUT2D eigenvalue weighted by Crippen LogP contribution is 2.51. The van der Waals surface area contributed by atoms with Gasteiger partial charge >= 0.3 is 0 Å². The average Bonchev–Trinajstić information content (AvgIpc) is 1.40. The van der Waals surface area contributed by atoms with E-state index in [2.05, 4.69) is 329 Å². The Bertz CT molecular complexity index is 4990. The van der Waals surface area contributed by atoms with E-state index in [4.69, 9.17) is 4.42 Å². The van der Waals surface area contributed by atoms with Gasteiger partial charge in [0.2, 0.25) is 0 Å². The van der Waals surface area contributed by atoms with Gasteiger partial charge in [-0.1, -0.05) is 184 Å². The number of fused-ring (bicyclic) bond motifs is 10. The second-order valence-electron chi connectivity index (χ2n) is 28.6. The number of nitrogens with zero attached hydrogens (tertiary/aromatic N) is 4. The van der Waals surface area contributed by atoms with Crippen LogP contribution in [0.3, 0.4) is 0 Å². The van der Waals surface area contributed by atoms with Gasteiger partial charge in [-0.05, 0) is 208 Å². The Labute approximate surface area is 525 Å². The first-order valence-electron chi connectivity index (χ1n) is 31.8. The van der Waals surface area contributed by atoms with Crippen molar-refractivity contribution in [1.82, 2.24) is 4.57 Å². The third-order valence-corrected chi connectivity index (χ3v) is 19.3. The van der Waals surface area contributed by atoms with E-state index < -0.39 is 0 Å². The summed E-state index contributed by atoms with van der Waals surface area (Å²) >= 11 is 0. The van der Waals surface area contributed by atoms with Crippen LogP contribution in [-0.2, 0) is 16.2 Å². The summed E-state index contributed by atoms with van der Waals surface area (Å²) in [6, 6.07) is 80.5. The molecule has 2 aliphatic heterocycles. The number of hydrogen-bond donors (Lipinski definition) is 0. The third-order valence-electron chi connectivity index (χ3n) is 19.3. The molecule has 0 unspecified atom stereocenters. The van der Waals surface area contributed by atoms with Gasteiger partial charge in [0.1, 0.15) is 11.2 Å². The zero-order chi connectivity index (χ0) is 61.7. The van der Waals surface area contributed by atoms with Crippen LogP contribution in [0.5, 0.6) is 0 Å². The minimum Gasteiger partial charge on any atom is -0.455 e. The molecule has 0 saturated heterocycles. The van der Waals surface area contributed by atoms with Gasteiger partial charge in [-0.3, -0.25) is 0 Å². The number of hydrogen-bond acceptors (Lipinski definition) is 4. The molecule has 0 atom stereocenters. The van der Waals surface area contributed by atoms with Crippen molar-refractivity contribution in [3.8, 4) is 16.8 Å². The first-order valence-corrected chi connectivity index (χ1v) is 31.8. The largest absolute Gasteiger partial charge is 0.455 e. The second kappa shape index (κ2) is 20.3. The van der Waals surface area contributed by atoms with E-state index in [9.17, 15) is 0 Å². The predicted molar refractivity (Wildman–Crippen MR) is 382 cm³/mol. The Balaban J connectivity index is 1.02. The van der Waals surface area contributed by atoms with Gasteiger partial charge < -0.3 is 23.7 Å². The molecule has 89 heavy (non-hydrogen) atoms. The summed E-state index contributed by atoms with van der Waals surface area (Å²) in [6.45, 7) is 32.3. The normalized spacial score (nSPS) is 13.2. The lowest BCUT2D eigenvalue weighted by Gasteiger charge is -2.45. The molecule has 0 amide bonds. The summed E-state index contributed by atoms with van der Waals surface area (Å²) in [6.07, 6.45) is 0. The molecule has 2 aliphatic rings. The Morgan fingerprint density at radius 3 is 1.64 bits per heavy atom. The molecule has 11 aromatic carbocycles. The van der Waals surface area contributed by atoms with E-state index >= 15 is 0 Å². The maximum absolute atomic E-state index is 6.73. The van der Waals surface area contributed by atoms with Gasteiger partial charge in [0.25, 0.3) is 6.71 Å². The molecule has 13 aromatic rings. The van der Waals surface area contributed by atoms with E-state index in [1.807, 2.05) is 0 Å². The van der Waals surface area contributed by atoms with E-state index in [1.165, 1.54) is 106 Å². The summed E-state index contributed by atoms with van der Waals surface area (Å²) in [5, 5.41) is 4.72.